The van der Waals surface area contributed by atoms with Crippen molar-refractivity contribution in [3.05, 3.63) is 11.1 Å². The second-order valence-electron chi connectivity index (χ2n) is 4.81. The lowest BCUT2D eigenvalue weighted by Gasteiger charge is -2.01. The average Bonchev–Trinajstić information content (AvgIpc) is 2.76. The van der Waals surface area contributed by atoms with Crippen molar-refractivity contribution in [3.63, 3.8) is 0 Å². The Balaban J connectivity index is 2.65. The van der Waals surface area contributed by atoms with Gasteiger partial charge in [-0.1, -0.05) is 38.4 Å². The second-order valence-corrected chi connectivity index (χ2v) is 5.22. The number of halogens is 1. The van der Waals surface area contributed by atoms with Gasteiger partial charge in [0.1, 0.15) is 5.03 Å². The van der Waals surface area contributed by atoms with Crippen LogP contribution in [0.2, 0.25) is 0 Å². The third-order valence-electron chi connectivity index (χ3n) is 3.13. The molecule has 1 saturated carbocycles. The molecular formula is C12H17ClO4. The van der Waals surface area contributed by atoms with Gasteiger partial charge in [0, 0.05) is 0 Å². The highest BCUT2D eigenvalue weighted by Gasteiger charge is 2.61. The van der Waals surface area contributed by atoms with Crippen molar-refractivity contribution in [2.75, 3.05) is 6.61 Å². The summed E-state index contributed by atoms with van der Waals surface area (Å²) in [4.78, 5) is 22.3. The second kappa shape index (κ2) is 5.08. The van der Waals surface area contributed by atoms with Crippen LogP contribution in [0.5, 0.6) is 0 Å². The molecule has 5 heteroatoms. The summed E-state index contributed by atoms with van der Waals surface area (Å²) in [6.45, 7) is 5.89. The standard InChI is InChI=1S/C12H17ClO4/c1-4-5-17-11(16)8(13)6-7-9(10(14)15)12(7,2)3/h6-7,9H,4-5H2,1-3H3,(H,14,15)/b8-6+. The van der Waals surface area contributed by atoms with E-state index in [1.54, 1.807) is 0 Å². The van der Waals surface area contributed by atoms with Gasteiger partial charge in [0.15, 0.2) is 0 Å². The molecule has 96 valence electrons. The summed E-state index contributed by atoms with van der Waals surface area (Å²) in [7, 11) is 0. The maximum Gasteiger partial charge on any atom is 0.349 e. The number of carboxylic acid groups (broad SMARTS) is 1. The zero-order valence-electron chi connectivity index (χ0n) is 10.2. The van der Waals surface area contributed by atoms with E-state index >= 15 is 0 Å². The molecule has 1 fully saturated rings. The van der Waals surface area contributed by atoms with Gasteiger partial charge in [-0.3, -0.25) is 4.79 Å². The molecule has 1 rings (SSSR count). The van der Waals surface area contributed by atoms with E-state index in [1.165, 1.54) is 6.08 Å². The van der Waals surface area contributed by atoms with Gasteiger partial charge in [-0.15, -0.1) is 0 Å². The minimum absolute atomic E-state index is 0.0275. The van der Waals surface area contributed by atoms with E-state index < -0.39 is 17.9 Å². The fourth-order valence-electron chi connectivity index (χ4n) is 1.95. The third-order valence-corrected chi connectivity index (χ3v) is 3.42. The van der Waals surface area contributed by atoms with E-state index in [1.807, 2.05) is 20.8 Å². The maximum atomic E-state index is 11.4. The van der Waals surface area contributed by atoms with Crippen molar-refractivity contribution in [2.24, 2.45) is 17.3 Å². The van der Waals surface area contributed by atoms with E-state index in [4.69, 9.17) is 21.4 Å². The number of esters is 1. The smallest absolute Gasteiger partial charge is 0.349 e. The molecule has 0 bridgehead atoms. The Kier molecular flexibility index (Phi) is 4.20. The van der Waals surface area contributed by atoms with Crippen LogP contribution in [-0.4, -0.2) is 23.7 Å². The molecule has 1 aliphatic rings. The van der Waals surface area contributed by atoms with Crippen molar-refractivity contribution in [1.82, 2.24) is 0 Å². The van der Waals surface area contributed by atoms with Crippen LogP contribution in [0.25, 0.3) is 0 Å². The molecular weight excluding hydrogens is 244 g/mol. The van der Waals surface area contributed by atoms with Crippen LogP contribution in [-0.2, 0) is 14.3 Å². The molecule has 0 aromatic heterocycles. The number of carbonyl (C=O) groups excluding carboxylic acids is 1. The lowest BCUT2D eigenvalue weighted by atomic mass is 10.1. The summed E-state index contributed by atoms with van der Waals surface area (Å²) >= 11 is 5.79. The van der Waals surface area contributed by atoms with Gasteiger partial charge in [-0.25, -0.2) is 4.79 Å². The highest BCUT2D eigenvalue weighted by Crippen LogP contribution is 2.59. The van der Waals surface area contributed by atoms with Gasteiger partial charge < -0.3 is 9.84 Å². The van der Waals surface area contributed by atoms with Gasteiger partial charge in [0.05, 0.1) is 12.5 Å². The molecule has 2 unspecified atom stereocenters. The zero-order valence-corrected chi connectivity index (χ0v) is 11.0. The van der Waals surface area contributed by atoms with Crippen molar-refractivity contribution in [1.29, 1.82) is 0 Å². The normalized spacial score (nSPS) is 26.5. The topological polar surface area (TPSA) is 63.6 Å². The first kappa shape index (κ1) is 14.0. The first-order valence-corrected chi connectivity index (χ1v) is 5.97. The lowest BCUT2D eigenvalue weighted by molar-refractivity contribution is -0.140. The number of aliphatic carboxylic acids is 1. The Morgan fingerprint density at radius 3 is 2.47 bits per heavy atom. The fourth-order valence-corrected chi connectivity index (χ4v) is 2.14. The lowest BCUT2D eigenvalue weighted by Crippen LogP contribution is -2.06. The van der Waals surface area contributed by atoms with Gasteiger partial charge in [-0.2, -0.15) is 0 Å². The molecule has 0 amide bonds. The Morgan fingerprint density at radius 2 is 2.06 bits per heavy atom. The molecule has 0 aromatic rings. The molecule has 0 aromatic carbocycles. The summed E-state index contributed by atoms with van der Waals surface area (Å²) in [6, 6.07) is 0. The van der Waals surface area contributed by atoms with Crippen molar-refractivity contribution >= 4 is 23.5 Å². The van der Waals surface area contributed by atoms with E-state index in [0.29, 0.717) is 6.61 Å². The minimum Gasteiger partial charge on any atom is -0.481 e. The van der Waals surface area contributed by atoms with Gasteiger partial charge in [0.2, 0.25) is 0 Å². The van der Waals surface area contributed by atoms with Crippen LogP contribution in [0, 0.1) is 17.3 Å². The summed E-state index contributed by atoms with van der Waals surface area (Å²) in [5, 5.41) is 8.94. The highest BCUT2D eigenvalue weighted by atomic mass is 35.5. The maximum absolute atomic E-state index is 11.4. The van der Waals surface area contributed by atoms with Gasteiger partial charge in [0.25, 0.3) is 0 Å². The minimum atomic E-state index is -0.859. The van der Waals surface area contributed by atoms with Crippen LogP contribution >= 0.6 is 11.6 Å². The summed E-state index contributed by atoms with van der Waals surface area (Å²) < 4.78 is 4.86. The molecule has 1 N–H and O–H groups in total. The first-order valence-electron chi connectivity index (χ1n) is 5.59. The summed E-state index contributed by atoms with van der Waals surface area (Å²) in [5.74, 6) is -2.13. The fraction of sp³-hybridized carbons (Fsp3) is 0.667. The number of ether oxygens (including phenoxy) is 1. The van der Waals surface area contributed by atoms with Crippen molar-refractivity contribution in [2.45, 2.75) is 27.2 Å². The van der Waals surface area contributed by atoms with E-state index in [0.717, 1.165) is 6.42 Å². The van der Waals surface area contributed by atoms with E-state index in [9.17, 15) is 9.59 Å². The quantitative estimate of drug-likeness (QED) is 0.609. The molecule has 0 saturated heterocycles. The Morgan fingerprint density at radius 1 is 1.47 bits per heavy atom. The van der Waals surface area contributed by atoms with Gasteiger partial charge >= 0.3 is 11.9 Å². The summed E-state index contributed by atoms with van der Waals surface area (Å²) in [6.07, 6.45) is 2.22. The third kappa shape index (κ3) is 3.00. The zero-order chi connectivity index (χ0) is 13.2. The van der Waals surface area contributed by atoms with Crippen LogP contribution in [0.3, 0.4) is 0 Å². The number of rotatable bonds is 5. The molecule has 4 nitrogen and oxygen atoms in total. The molecule has 0 spiro atoms. The van der Waals surface area contributed by atoms with E-state index in [-0.39, 0.29) is 16.4 Å². The van der Waals surface area contributed by atoms with Gasteiger partial charge in [-0.05, 0) is 17.8 Å². The molecule has 0 radical (unpaired) electrons. The molecule has 2 atom stereocenters. The predicted molar refractivity (Wildman–Crippen MR) is 63.6 cm³/mol. The number of allylic oxidation sites excluding steroid dienone is 1. The predicted octanol–water partition coefficient (Wildman–Crippen LogP) is 2.42. The Labute approximate surface area is 106 Å². The largest absolute Gasteiger partial charge is 0.481 e. The first-order chi connectivity index (χ1) is 7.82. The number of carboxylic acids is 1. The van der Waals surface area contributed by atoms with E-state index in [2.05, 4.69) is 0 Å². The molecule has 0 heterocycles. The Hall–Kier alpha value is -1.03. The Bertz CT molecular complexity index is 360. The number of hydrogen-bond acceptors (Lipinski definition) is 3. The SMILES string of the molecule is CCCOC(=O)/C(Cl)=C\C1C(C(=O)O)C1(C)C. The van der Waals surface area contributed by atoms with Crippen LogP contribution in [0.15, 0.2) is 11.1 Å². The van der Waals surface area contributed by atoms with Crippen molar-refractivity contribution in [3.8, 4) is 0 Å². The summed E-state index contributed by atoms with van der Waals surface area (Å²) in [5.41, 5.74) is -0.350. The molecule has 0 aliphatic heterocycles. The average molecular weight is 261 g/mol. The monoisotopic (exact) mass is 260 g/mol. The number of hydrogen-bond donors (Lipinski definition) is 1. The number of carbonyl (C=O) groups is 2. The highest BCUT2D eigenvalue weighted by molar-refractivity contribution is 6.41. The van der Waals surface area contributed by atoms with Crippen LogP contribution in [0.4, 0.5) is 0 Å². The van der Waals surface area contributed by atoms with Crippen LogP contribution < -0.4 is 0 Å². The van der Waals surface area contributed by atoms with Crippen molar-refractivity contribution < 1.29 is 19.4 Å². The molecule has 1 aliphatic carbocycles. The molecule has 17 heavy (non-hydrogen) atoms. The van der Waals surface area contributed by atoms with Crippen LogP contribution in [0.1, 0.15) is 27.2 Å².